The van der Waals surface area contributed by atoms with Crippen LogP contribution in [0.5, 0.6) is 0 Å². The molecule has 164 valence electrons. The van der Waals surface area contributed by atoms with Crippen molar-refractivity contribution in [3.8, 4) is 0 Å². The monoisotopic (exact) mass is 503 g/mol. The molecule has 0 spiro atoms. The van der Waals surface area contributed by atoms with Crippen LogP contribution in [0.25, 0.3) is 0 Å². The van der Waals surface area contributed by atoms with E-state index in [1.54, 1.807) is 59.9 Å². The number of carbonyl (C=O) groups is 2. The van der Waals surface area contributed by atoms with Gasteiger partial charge in [-0.25, -0.2) is 0 Å². The van der Waals surface area contributed by atoms with Crippen molar-refractivity contribution in [2.45, 2.75) is 18.9 Å². The lowest BCUT2D eigenvalue weighted by atomic mass is 10.1. The van der Waals surface area contributed by atoms with Crippen molar-refractivity contribution in [2.24, 2.45) is 0 Å². The minimum Gasteiger partial charge on any atom is -0.336 e. The van der Waals surface area contributed by atoms with Crippen LogP contribution < -0.4 is 10.2 Å². The van der Waals surface area contributed by atoms with Crippen molar-refractivity contribution in [1.29, 1.82) is 0 Å². The Balaban J connectivity index is 1.54. The SMILES string of the molecule is O=C(C[C@H]1C(=O)N(c2ccc(Cl)cc2)C(=S)N1CCc1cccs1)Nc1ccc(Cl)cc1. The van der Waals surface area contributed by atoms with Gasteiger partial charge in [0.2, 0.25) is 5.91 Å². The molecule has 1 saturated heterocycles. The molecule has 0 radical (unpaired) electrons. The molecule has 9 heteroatoms. The number of thiocarbonyl (C=S) groups is 1. The lowest BCUT2D eigenvalue weighted by molar-refractivity contribution is -0.124. The molecule has 2 heterocycles. The van der Waals surface area contributed by atoms with Gasteiger partial charge >= 0.3 is 0 Å². The number of anilines is 2. The zero-order valence-corrected chi connectivity index (χ0v) is 20.0. The highest BCUT2D eigenvalue weighted by Crippen LogP contribution is 2.29. The summed E-state index contributed by atoms with van der Waals surface area (Å²) in [5.74, 6) is -0.498. The second-order valence-electron chi connectivity index (χ2n) is 7.23. The summed E-state index contributed by atoms with van der Waals surface area (Å²) in [5.41, 5.74) is 1.25. The minimum absolute atomic E-state index is 0.0177. The number of benzene rings is 2. The second kappa shape index (κ2) is 10.0. The van der Waals surface area contributed by atoms with Crippen molar-refractivity contribution in [1.82, 2.24) is 4.90 Å². The Morgan fingerprint density at radius 1 is 1.03 bits per heavy atom. The second-order valence-corrected chi connectivity index (χ2v) is 9.50. The van der Waals surface area contributed by atoms with E-state index < -0.39 is 6.04 Å². The molecule has 1 N–H and O–H groups in total. The Kier molecular flexibility index (Phi) is 7.10. The predicted octanol–water partition coefficient (Wildman–Crippen LogP) is 5.63. The number of amides is 2. The molecule has 1 aromatic heterocycles. The van der Waals surface area contributed by atoms with Crippen molar-refractivity contribution in [3.63, 3.8) is 0 Å². The fourth-order valence-corrected chi connectivity index (χ4v) is 4.89. The number of thiophene rings is 1. The average Bonchev–Trinajstić information content (AvgIpc) is 3.36. The average molecular weight is 504 g/mol. The van der Waals surface area contributed by atoms with Crippen LogP contribution in [0.3, 0.4) is 0 Å². The third kappa shape index (κ3) is 5.13. The topological polar surface area (TPSA) is 52.7 Å². The van der Waals surface area contributed by atoms with Gasteiger partial charge in [-0.1, -0.05) is 29.3 Å². The maximum atomic E-state index is 13.4. The molecule has 0 unspecified atom stereocenters. The van der Waals surface area contributed by atoms with Gasteiger partial charge in [0.05, 0.1) is 12.1 Å². The first-order chi connectivity index (χ1) is 15.4. The van der Waals surface area contributed by atoms with Gasteiger partial charge < -0.3 is 10.2 Å². The first kappa shape index (κ1) is 22.7. The predicted molar refractivity (Wildman–Crippen MR) is 135 cm³/mol. The minimum atomic E-state index is -0.689. The molecule has 4 rings (SSSR count). The van der Waals surface area contributed by atoms with E-state index in [1.165, 1.54) is 9.78 Å². The zero-order chi connectivity index (χ0) is 22.7. The summed E-state index contributed by atoms with van der Waals surface area (Å²) in [6.45, 7) is 0.536. The number of nitrogens with one attached hydrogen (secondary N) is 1. The summed E-state index contributed by atoms with van der Waals surface area (Å²) in [6, 6.07) is 17.1. The maximum Gasteiger partial charge on any atom is 0.256 e. The Hall–Kier alpha value is -2.45. The Bertz CT molecular complexity index is 1120. The van der Waals surface area contributed by atoms with Gasteiger partial charge in [0, 0.05) is 27.2 Å². The Morgan fingerprint density at radius 2 is 1.69 bits per heavy atom. The molecular weight excluding hydrogens is 485 g/mol. The molecule has 32 heavy (non-hydrogen) atoms. The molecule has 1 fully saturated rings. The van der Waals surface area contributed by atoms with E-state index in [1.807, 2.05) is 22.4 Å². The molecule has 0 saturated carbocycles. The highest BCUT2D eigenvalue weighted by atomic mass is 35.5. The van der Waals surface area contributed by atoms with E-state index in [0.717, 1.165) is 6.42 Å². The van der Waals surface area contributed by atoms with Crippen LogP contribution in [-0.2, 0) is 16.0 Å². The maximum absolute atomic E-state index is 13.4. The highest BCUT2D eigenvalue weighted by molar-refractivity contribution is 7.80. The summed E-state index contributed by atoms with van der Waals surface area (Å²) < 4.78 is 0. The fraction of sp³-hybridized carbons (Fsp3) is 0.174. The number of carbonyl (C=O) groups excluding carboxylic acids is 2. The molecule has 3 aromatic rings. The van der Waals surface area contributed by atoms with E-state index in [0.29, 0.717) is 33.1 Å². The number of hydrogen-bond donors (Lipinski definition) is 1. The third-order valence-corrected chi connectivity index (χ3v) is 6.95. The molecule has 1 atom stereocenters. The summed E-state index contributed by atoms with van der Waals surface area (Å²) in [7, 11) is 0. The Labute approximate surface area is 205 Å². The number of rotatable bonds is 7. The number of nitrogens with zero attached hydrogens (tertiary/aromatic N) is 2. The van der Waals surface area contributed by atoms with Gasteiger partial charge in [0.1, 0.15) is 6.04 Å². The van der Waals surface area contributed by atoms with Gasteiger partial charge in [-0.05, 0) is 78.6 Å². The summed E-state index contributed by atoms with van der Waals surface area (Å²) in [4.78, 5) is 30.7. The van der Waals surface area contributed by atoms with Crippen molar-refractivity contribution in [3.05, 3.63) is 81.0 Å². The summed E-state index contributed by atoms with van der Waals surface area (Å²) >= 11 is 19.2. The lowest BCUT2D eigenvalue weighted by Crippen LogP contribution is -2.39. The van der Waals surface area contributed by atoms with E-state index >= 15 is 0 Å². The smallest absolute Gasteiger partial charge is 0.256 e. The number of halogens is 2. The van der Waals surface area contributed by atoms with Gasteiger partial charge in [-0.15, -0.1) is 11.3 Å². The standard InChI is InChI=1S/C23H19Cl2N3O2S2/c24-15-3-7-17(8-4-15)26-21(29)14-20-22(30)28(18-9-5-16(25)6-10-18)23(31)27(20)12-11-19-2-1-13-32-19/h1-10,13,20H,11-12,14H2,(H,26,29)/t20-/m0/s1. The first-order valence-electron chi connectivity index (χ1n) is 9.90. The molecule has 5 nitrogen and oxygen atoms in total. The lowest BCUT2D eigenvalue weighted by Gasteiger charge is -2.23. The largest absolute Gasteiger partial charge is 0.336 e. The van der Waals surface area contributed by atoms with Gasteiger partial charge in [-0.2, -0.15) is 0 Å². The van der Waals surface area contributed by atoms with Crippen LogP contribution in [0.1, 0.15) is 11.3 Å². The van der Waals surface area contributed by atoms with Crippen LogP contribution in [0.15, 0.2) is 66.0 Å². The summed E-state index contributed by atoms with van der Waals surface area (Å²) in [6.07, 6.45) is 0.713. The first-order valence-corrected chi connectivity index (χ1v) is 11.9. The van der Waals surface area contributed by atoms with Gasteiger partial charge in [0.15, 0.2) is 5.11 Å². The molecule has 1 aliphatic rings. The van der Waals surface area contributed by atoms with Crippen LogP contribution in [0.4, 0.5) is 11.4 Å². The zero-order valence-electron chi connectivity index (χ0n) is 16.8. The van der Waals surface area contributed by atoms with Crippen LogP contribution >= 0.6 is 46.8 Å². The van der Waals surface area contributed by atoms with E-state index in [9.17, 15) is 9.59 Å². The fourth-order valence-electron chi connectivity index (χ4n) is 3.52. The summed E-state index contributed by atoms with van der Waals surface area (Å²) in [5, 5.41) is 6.38. The molecule has 1 aliphatic heterocycles. The molecule has 0 bridgehead atoms. The van der Waals surface area contributed by atoms with Crippen molar-refractivity contribution >= 4 is 75.1 Å². The van der Waals surface area contributed by atoms with E-state index in [4.69, 9.17) is 35.4 Å². The normalized spacial score (nSPS) is 16.0. The van der Waals surface area contributed by atoms with Crippen LogP contribution in [0, 0.1) is 0 Å². The molecule has 2 aromatic carbocycles. The van der Waals surface area contributed by atoms with Crippen molar-refractivity contribution < 1.29 is 9.59 Å². The van der Waals surface area contributed by atoms with E-state index in [2.05, 4.69) is 5.32 Å². The van der Waals surface area contributed by atoms with Gasteiger partial charge in [-0.3, -0.25) is 14.5 Å². The quantitative estimate of drug-likeness (QED) is 0.424. The van der Waals surface area contributed by atoms with Crippen LogP contribution in [0.2, 0.25) is 10.0 Å². The number of hydrogen-bond acceptors (Lipinski definition) is 4. The molecule has 0 aliphatic carbocycles. The van der Waals surface area contributed by atoms with Crippen molar-refractivity contribution in [2.75, 3.05) is 16.8 Å². The molecule has 2 amide bonds. The third-order valence-electron chi connectivity index (χ3n) is 5.09. The highest BCUT2D eigenvalue weighted by Gasteiger charge is 2.43. The Morgan fingerprint density at radius 3 is 2.31 bits per heavy atom. The molecular formula is C23H19Cl2N3O2S2. The van der Waals surface area contributed by atoms with E-state index in [-0.39, 0.29) is 18.2 Å². The van der Waals surface area contributed by atoms with Crippen LogP contribution in [-0.4, -0.2) is 34.4 Å². The van der Waals surface area contributed by atoms with Gasteiger partial charge in [0.25, 0.3) is 5.91 Å².